The molecule has 0 aromatic rings. The number of ether oxygens (including phenoxy) is 1. The number of rotatable bonds is 14. The van der Waals surface area contributed by atoms with Crippen LogP contribution in [0.2, 0.25) is 0 Å². The Hall–Kier alpha value is -0.830. The maximum atomic E-state index is 10.8. The molecule has 0 saturated carbocycles. The number of unbranched alkanes of at least 4 members (excludes halogenated alkanes) is 9. The Morgan fingerprint density at radius 1 is 1.00 bits per heavy atom. The van der Waals surface area contributed by atoms with Crippen LogP contribution in [-0.4, -0.2) is 23.8 Å². The molecule has 0 bridgehead atoms. The largest absolute Gasteiger partial charge is 0.463 e. The Morgan fingerprint density at radius 3 is 1.90 bits per heavy atom. The molecular formula is C17H32O3. The van der Waals surface area contributed by atoms with Gasteiger partial charge in [0.05, 0.1) is 12.7 Å². The van der Waals surface area contributed by atoms with Crippen LogP contribution in [-0.2, 0) is 9.53 Å². The Morgan fingerprint density at radius 2 is 1.45 bits per heavy atom. The standard InChI is InChI=1S/C17H32O3/c1-3-17(19)20-15-13-11-9-7-5-4-6-8-10-12-14-16(2)18/h3,16,18H,1,4-15H2,2H3. The number of carbonyl (C=O) groups is 1. The minimum Gasteiger partial charge on any atom is -0.463 e. The van der Waals surface area contributed by atoms with Gasteiger partial charge in [0.1, 0.15) is 0 Å². The first kappa shape index (κ1) is 19.2. The third-order valence-electron chi connectivity index (χ3n) is 3.43. The molecule has 0 amide bonds. The van der Waals surface area contributed by atoms with E-state index in [4.69, 9.17) is 9.84 Å². The molecule has 0 spiro atoms. The van der Waals surface area contributed by atoms with Crippen molar-refractivity contribution in [2.75, 3.05) is 6.61 Å². The van der Waals surface area contributed by atoms with Crippen molar-refractivity contribution >= 4 is 5.97 Å². The second-order valence-corrected chi connectivity index (χ2v) is 5.54. The van der Waals surface area contributed by atoms with E-state index in [0.29, 0.717) is 6.61 Å². The molecule has 0 fully saturated rings. The van der Waals surface area contributed by atoms with E-state index in [1.54, 1.807) is 0 Å². The molecule has 0 rings (SSSR count). The zero-order chi connectivity index (χ0) is 15.1. The Balaban J connectivity index is 3.03. The normalized spacial score (nSPS) is 12.1. The lowest BCUT2D eigenvalue weighted by Crippen LogP contribution is -2.01. The maximum Gasteiger partial charge on any atom is 0.330 e. The van der Waals surface area contributed by atoms with Gasteiger partial charge in [-0.3, -0.25) is 0 Å². The molecule has 0 aromatic carbocycles. The fourth-order valence-electron chi connectivity index (χ4n) is 2.19. The molecule has 3 heteroatoms. The maximum absolute atomic E-state index is 10.8. The van der Waals surface area contributed by atoms with Crippen LogP contribution in [0.3, 0.4) is 0 Å². The van der Waals surface area contributed by atoms with Gasteiger partial charge in [0.2, 0.25) is 0 Å². The first-order chi connectivity index (χ1) is 9.66. The van der Waals surface area contributed by atoms with E-state index < -0.39 is 0 Å². The predicted octanol–water partition coefficient (Wildman–Crippen LogP) is 4.39. The van der Waals surface area contributed by atoms with E-state index in [1.807, 2.05) is 6.92 Å². The second-order valence-electron chi connectivity index (χ2n) is 5.54. The minimum absolute atomic E-state index is 0.138. The molecule has 0 aliphatic heterocycles. The molecule has 0 aromatic heterocycles. The second kappa shape index (κ2) is 14.6. The van der Waals surface area contributed by atoms with Gasteiger partial charge in [-0.25, -0.2) is 4.79 Å². The average Bonchev–Trinajstić information content (AvgIpc) is 2.43. The number of hydrogen-bond donors (Lipinski definition) is 1. The van der Waals surface area contributed by atoms with Crippen molar-refractivity contribution in [1.82, 2.24) is 0 Å². The zero-order valence-corrected chi connectivity index (χ0v) is 13.1. The van der Waals surface area contributed by atoms with Crippen molar-refractivity contribution in [3.8, 4) is 0 Å². The molecule has 20 heavy (non-hydrogen) atoms. The molecule has 0 heterocycles. The summed E-state index contributed by atoms with van der Waals surface area (Å²) in [4.78, 5) is 10.8. The smallest absolute Gasteiger partial charge is 0.330 e. The molecule has 0 radical (unpaired) electrons. The molecule has 0 aliphatic carbocycles. The fourth-order valence-corrected chi connectivity index (χ4v) is 2.19. The summed E-state index contributed by atoms with van der Waals surface area (Å²) in [5.41, 5.74) is 0. The van der Waals surface area contributed by atoms with Crippen molar-refractivity contribution < 1.29 is 14.6 Å². The van der Waals surface area contributed by atoms with Crippen molar-refractivity contribution in [2.45, 2.75) is 83.7 Å². The van der Waals surface area contributed by atoms with Crippen LogP contribution in [0.4, 0.5) is 0 Å². The van der Waals surface area contributed by atoms with Crippen LogP contribution in [0, 0.1) is 0 Å². The predicted molar refractivity (Wildman–Crippen MR) is 83.6 cm³/mol. The number of esters is 1. The monoisotopic (exact) mass is 284 g/mol. The summed E-state index contributed by atoms with van der Waals surface area (Å²) in [6.07, 6.45) is 14.3. The van der Waals surface area contributed by atoms with E-state index >= 15 is 0 Å². The lowest BCUT2D eigenvalue weighted by Gasteiger charge is -2.04. The van der Waals surface area contributed by atoms with E-state index in [1.165, 1.54) is 51.0 Å². The van der Waals surface area contributed by atoms with Crippen LogP contribution in [0.15, 0.2) is 12.7 Å². The number of aliphatic hydroxyl groups excluding tert-OH is 1. The van der Waals surface area contributed by atoms with Gasteiger partial charge in [-0.15, -0.1) is 0 Å². The van der Waals surface area contributed by atoms with Gasteiger partial charge >= 0.3 is 5.97 Å². The lowest BCUT2D eigenvalue weighted by molar-refractivity contribution is -0.137. The van der Waals surface area contributed by atoms with Gasteiger partial charge in [0.15, 0.2) is 0 Å². The molecule has 1 N–H and O–H groups in total. The van der Waals surface area contributed by atoms with Crippen LogP contribution >= 0.6 is 0 Å². The summed E-state index contributed by atoms with van der Waals surface area (Å²) < 4.78 is 4.92. The SMILES string of the molecule is C=CC(=O)OCCCCCCCCCCCCC(C)O. The molecule has 1 atom stereocenters. The lowest BCUT2D eigenvalue weighted by atomic mass is 10.0. The van der Waals surface area contributed by atoms with E-state index in [2.05, 4.69) is 6.58 Å². The third-order valence-corrected chi connectivity index (χ3v) is 3.43. The summed E-state index contributed by atoms with van der Waals surface area (Å²) in [7, 11) is 0. The van der Waals surface area contributed by atoms with Crippen LogP contribution in [0.1, 0.15) is 77.6 Å². The van der Waals surface area contributed by atoms with Crippen LogP contribution in [0.25, 0.3) is 0 Å². The first-order valence-corrected chi connectivity index (χ1v) is 8.14. The summed E-state index contributed by atoms with van der Waals surface area (Å²) in [6, 6.07) is 0. The number of hydrogen-bond acceptors (Lipinski definition) is 3. The van der Waals surface area contributed by atoms with Crippen LogP contribution < -0.4 is 0 Å². The van der Waals surface area contributed by atoms with Gasteiger partial charge in [-0.2, -0.15) is 0 Å². The van der Waals surface area contributed by atoms with Gasteiger partial charge in [-0.1, -0.05) is 64.4 Å². The van der Waals surface area contributed by atoms with Crippen molar-refractivity contribution in [3.63, 3.8) is 0 Å². The number of aliphatic hydroxyl groups is 1. The van der Waals surface area contributed by atoms with Crippen molar-refractivity contribution in [2.24, 2.45) is 0 Å². The van der Waals surface area contributed by atoms with Crippen LogP contribution in [0.5, 0.6) is 0 Å². The van der Waals surface area contributed by atoms with E-state index in [-0.39, 0.29) is 12.1 Å². The molecule has 3 nitrogen and oxygen atoms in total. The van der Waals surface area contributed by atoms with Gasteiger partial charge < -0.3 is 9.84 Å². The summed E-state index contributed by atoms with van der Waals surface area (Å²) in [6.45, 7) is 5.74. The minimum atomic E-state index is -0.319. The third kappa shape index (κ3) is 15.2. The van der Waals surface area contributed by atoms with Gasteiger partial charge in [0, 0.05) is 6.08 Å². The average molecular weight is 284 g/mol. The quantitative estimate of drug-likeness (QED) is 0.292. The highest BCUT2D eigenvalue weighted by molar-refractivity contribution is 5.81. The van der Waals surface area contributed by atoms with E-state index in [9.17, 15) is 4.79 Å². The Kier molecular flexibility index (Phi) is 14.0. The van der Waals surface area contributed by atoms with Gasteiger partial charge in [0.25, 0.3) is 0 Å². The molecule has 1 unspecified atom stereocenters. The Labute approximate surface area is 124 Å². The fraction of sp³-hybridized carbons (Fsp3) is 0.824. The van der Waals surface area contributed by atoms with Crippen molar-refractivity contribution in [3.05, 3.63) is 12.7 Å². The molecular weight excluding hydrogens is 252 g/mol. The zero-order valence-electron chi connectivity index (χ0n) is 13.1. The van der Waals surface area contributed by atoms with Crippen molar-refractivity contribution in [1.29, 1.82) is 0 Å². The summed E-state index contributed by atoms with van der Waals surface area (Å²) in [5, 5.41) is 9.13. The highest BCUT2D eigenvalue weighted by Gasteiger charge is 1.97. The highest BCUT2D eigenvalue weighted by Crippen LogP contribution is 2.12. The molecule has 118 valence electrons. The first-order valence-electron chi connectivity index (χ1n) is 8.14. The Bertz CT molecular complexity index is 236. The van der Waals surface area contributed by atoms with Gasteiger partial charge in [-0.05, 0) is 19.8 Å². The topological polar surface area (TPSA) is 46.5 Å². The molecule has 0 saturated heterocycles. The van der Waals surface area contributed by atoms with E-state index in [0.717, 1.165) is 25.7 Å². The highest BCUT2D eigenvalue weighted by atomic mass is 16.5. The number of carbonyl (C=O) groups excluding carboxylic acids is 1. The summed E-state index contributed by atoms with van der Waals surface area (Å²) in [5.74, 6) is -0.319. The molecule has 0 aliphatic rings. The summed E-state index contributed by atoms with van der Waals surface area (Å²) >= 11 is 0.